The van der Waals surface area contributed by atoms with Gasteiger partial charge in [0.1, 0.15) is 5.75 Å². The number of hydrogen-bond acceptors (Lipinski definition) is 4. The SMILES string of the molecule is CCOc1ccccc1NC(=O)CC(c1cccs1)N1Cc2ccccc2C1=O. The number of carbonyl (C=O) groups is 2. The molecular weight excluding hydrogens is 384 g/mol. The number of hydrogen-bond donors (Lipinski definition) is 1. The Bertz CT molecular complexity index is 1020. The van der Waals surface area contributed by atoms with Crippen LogP contribution >= 0.6 is 11.3 Å². The summed E-state index contributed by atoms with van der Waals surface area (Å²) in [5.74, 6) is 0.460. The molecular formula is C23H22N2O3S. The van der Waals surface area contributed by atoms with Crippen molar-refractivity contribution in [3.05, 3.63) is 82.0 Å². The quantitative estimate of drug-likeness (QED) is 0.609. The first-order chi connectivity index (χ1) is 14.2. The van der Waals surface area contributed by atoms with Gasteiger partial charge in [0, 0.05) is 17.0 Å². The van der Waals surface area contributed by atoms with Gasteiger partial charge in [-0.3, -0.25) is 9.59 Å². The van der Waals surface area contributed by atoms with Gasteiger partial charge in [0.05, 0.1) is 24.8 Å². The number of fused-ring (bicyclic) bond motifs is 1. The smallest absolute Gasteiger partial charge is 0.255 e. The van der Waals surface area contributed by atoms with Crippen molar-refractivity contribution in [1.29, 1.82) is 0 Å². The molecule has 0 spiro atoms. The molecule has 1 aliphatic heterocycles. The van der Waals surface area contributed by atoms with E-state index in [2.05, 4.69) is 5.32 Å². The van der Waals surface area contributed by atoms with E-state index in [1.165, 1.54) is 0 Å². The molecule has 1 unspecified atom stereocenters. The molecule has 2 heterocycles. The van der Waals surface area contributed by atoms with Crippen LogP contribution in [-0.2, 0) is 11.3 Å². The van der Waals surface area contributed by atoms with Gasteiger partial charge in [-0.25, -0.2) is 0 Å². The van der Waals surface area contributed by atoms with Gasteiger partial charge in [0.2, 0.25) is 5.91 Å². The first-order valence-electron chi connectivity index (χ1n) is 9.61. The van der Waals surface area contributed by atoms with Gasteiger partial charge in [-0.2, -0.15) is 0 Å². The van der Waals surface area contributed by atoms with Crippen LogP contribution in [-0.4, -0.2) is 23.3 Å². The maximum atomic E-state index is 13.0. The van der Waals surface area contributed by atoms with E-state index in [1.54, 1.807) is 16.2 Å². The molecule has 0 bridgehead atoms. The van der Waals surface area contributed by atoms with E-state index in [0.717, 1.165) is 16.0 Å². The van der Waals surface area contributed by atoms with Gasteiger partial charge in [-0.15, -0.1) is 11.3 Å². The summed E-state index contributed by atoms with van der Waals surface area (Å²) in [4.78, 5) is 28.7. The number of thiophene rings is 1. The molecule has 1 N–H and O–H groups in total. The fourth-order valence-electron chi connectivity index (χ4n) is 3.60. The van der Waals surface area contributed by atoms with E-state index in [0.29, 0.717) is 24.6 Å². The lowest BCUT2D eigenvalue weighted by Crippen LogP contribution is -2.31. The first kappa shape index (κ1) is 19.2. The van der Waals surface area contributed by atoms with Gasteiger partial charge in [0.15, 0.2) is 0 Å². The number of benzene rings is 2. The molecule has 0 saturated heterocycles. The Morgan fingerprint density at radius 1 is 1.14 bits per heavy atom. The zero-order chi connectivity index (χ0) is 20.2. The molecule has 2 amide bonds. The number of rotatable bonds is 7. The Morgan fingerprint density at radius 2 is 1.93 bits per heavy atom. The number of amides is 2. The normalized spacial score (nSPS) is 13.8. The van der Waals surface area contributed by atoms with E-state index in [1.807, 2.05) is 73.0 Å². The Morgan fingerprint density at radius 3 is 2.69 bits per heavy atom. The molecule has 5 nitrogen and oxygen atoms in total. The van der Waals surface area contributed by atoms with Crippen LogP contribution in [0.1, 0.15) is 40.2 Å². The topological polar surface area (TPSA) is 58.6 Å². The molecule has 1 aromatic heterocycles. The van der Waals surface area contributed by atoms with E-state index in [4.69, 9.17) is 4.74 Å². The van der Waals surface area contributed by atoms with E-state index in [9.17, 15) is 9.59 Å². The molecule has 1 atom stereocenters. The van der Waals surface area contributed by atoms with Crippen molar-refractivity contribution in [1.82, 2.24) is 4.90 Å². The van der Waals surface area contributed by atoms with Crippen LogP contribution in [0.2, 0.25) is 0 Å². The Labute approximate surface area is 173 Å². The lowest BCUT2D eigenvalue weighted by Gasteiger charge is -2.27. The van der Waals surface area contributed by atoms with Gasteiger partial charge >= 0.3 is 0 Å². The second-order valence-electron chi connectivity index (χ2n) is 6.80. The van der Waals surface area contributed by atoms with Crippen molar-refractivity contribution in [2.75, 3.05) is 11.9 Å². The monoisotopic (exact) mass is 406 g/mol. The molecule has 0 saturated carbocycles. The zero-order valence-electron chi connectivity index (χ0n) is 16.1. The predicted molar refractivity (Wildman–Crippen MR) is 114 cm³/mol. The molecule has 3 aromatic rings. The molecule has 2 aromatic carbocycles. The summed E-state index contributed by atoms with van der Waals surface area (Å²) in [5.41, 5.74) is 2.36. The third-order valence-electron chi connectivity index (χ3n) is 4.94. The minimum absolute atomic E-state index is 0.0264. The van der Waals surface area contributed by atoms with Crippen LogP contribution in [0.3, 0.4) is 0 Å². The van der Waals surface area contributed by atoms with E-state index in [-0.39, 0.29) is 24.3 Å². The van der Waals surface area contributed by atoms with Crippen LogP contribution in [0.5, 0.6) is 5.75 Å². The highest BCUT2D eigenvalue weighted by Crippen LogP contribution is 2.36. The summed E-state index contributed by atoms with van der Waals surface area (Å²) >= 11 is 1.56. The highest BCUT2D eigenvalue weighted by molar-refractivity contribution is 7.10. The number of nitrogens with zero attached hydrogens (tertiary/aromatic N) is 1. The van der Waals surface area contributed by atoms with Crippen molar-refractivity contribution in [3.63, 3.8) is 0 Å². The predicted octanol–water partition coefficient (Wildman–Crippen LogP) is 4.87. The Balaban J connectivity index is 1.55. The Hall–Kier alpha value is -3.12. The number of anilines is 1. The van der Waals surface area contributed by atoms with Crippen LogP contribution in [0, 0.1) is 0 Å². The highest BCUT2D eigenvalue weighted by Gasteiger charge is 2.34. The number of carbonyl (C=O) groups excluding carboxylic acids is 2. The summed E-state index contributed by atoms with van der Waals surface area (Å²) < 4.78 is 5.60. The van der Waals surface area contributed by atoms with Crippen LogP contribution < -0.4 is 10.1 Å². The third-order valence-corrected chi connectivity index (χ3v) is 5.91. The van der Waals surface area contributed by atoms with Crippen molar-refractivity contribution in [3.8, 4) is 5.75 Å². The fraction of sp³-hybridized carbons (Fsp3) is 0.217. The van der Waals surface area contributed by atoms with Crippen molar-refractivity contribution in [2.45, 2.75) is 25.9 Å². The van der Waals surface area contributed by atoms with E-state index >= 15 is 0 Å². The van der Waals surface area contributed by atoms with Gasteiger partial charge < -0.3 is 15.0 Å². The van der Waals surface area contributed by atoms with Crippen LogP contribution in [0.15, 0.2) is 66.0 Å². The average Bonchev–Trinajstić information content (AvgIpc) is 3.37. The lowest BCUT2D eigenvalue weighted by molar-refractivity contribution is -0.117. The van der Waals surface area contributed by atoms with Gasteiger partial charge in [0.25, 0.3) is 5.91 Å². The van der Waals surface area contributed by atoms with Crippen LogP contribution in [0.25, 0.3) is 0 Å². The van der Waals surface area contributed by atoms with Crippen molar-refractivity contribution >= 4 is 28.8 Å². The summed E-state index contributed by atoms with van der Waals surface area (Å²) in [6.45, 7) is 2.94. The summed E-state index contributed by atoms with van der Waals surface area (Å²) in [5, 5.41) is 4.92. The third kappa shape index (κ3) is 4.03. The Kier molecular flexibility index (Phi) is 5.62. The zero-order valence-corrected chi connectivity index (χ0v) is 16.9. The fourth-order valence-corrected chi connectivity index (χ4v) is 4.44. The molecule has 0 aliphatic carbocycles. The molecule has 29 heavy (non-hydrogen) atoms. The second-order valence-corrected chi connectivity index (χ2v) is 7.78. The summed E-state index contributed by atoms with van der Waals surface area (Å²) in [7, 11) is 0. The van der Waals surface area contributed by atoms with Gasteiger partial charge in [-0.05, 0) is 42.1 Å². The molecule has 148 valence electrons. The first-order valence-corrected chi connectivity index (χ1v) is 10.5. The molecule has 6 heteroatoms. The molecule has 1 aliphatic rings. The molecule has 0 radical (unpaired) electrons. The summed E-state index contributed by atoms with van der Waals surface area (Å²) in [6.07, 6.45) is 0.181. The van der Waals surface area contributed by atoms with Crippen molar-refractivity contribution < 1.29 is 14.3 Å². The van der Waals surface area contributed by atoms with Gasteiger partial charge in [-0.1, -0.05) is 36.4 Å². The minimum Gasteiger partial charge on any atom is -0.492 e. The molecule has 4 rings (SSSR count). The minimum atomic E-state index is -0.311. The highest BCUT2D eigenvalue weighted by atomic mass is 32.1. The molecule has 0 fully saturated rings. The largest absolute Gasteiger partial charge is 0.492 e. The maximum absolute atomic E-state index is 13.0. The number of nitrogens with one attached hydrogen (secondary N) is 1. The maximum Gasteiger partial charge on any atom is 0.255 e. The van der Waals surface area contributed by atoms with Crippen molar-refractivity contribution in [2.24, 2.45) is 0 Å². The average molecular weight is 407 g/mol. The number of para-hydroxylation sites is 2. The second kappa shape index (κ2) is 8.49. The van der Waals surface area contributed by atoms with E-state index < -0.39 is 0 Å². The lowest BCUT2D eigenvalue weighted by atomic mass is 10.1. The standard InChI is InChI=1S/C23H22N2O3S/c1-2-28-20-11-6-5-10-18(20)24-22(26)14-19(21-12-7-13-29-21)25-15-16-8-3-4-9-17(16)23(25)27/h3-13,19H,2,14-15H2,1H3,(H,24,26). The number of ether oxygens (including phenoxy) is 1. The summed E-state index contributed by atoms with van der Waals surface area (Å²) in [6, 6.07) is 18.6. The van der Waals surface area contributed by atoms with Crippen LogP contribution in [0.4, 0.5) is 5.69 Å².